The number of thiazole rings is 1. The van der Waals surface area contributed by atoms with Crippen molar-refractivity contribution in [2.24, 2.45) is 0 Å². The zero-order valence-corrected chi connectivity index (χ0v) is 16.6. The van der Waals surface area contributed by atoms with E-state index in [1.807, 2.05) is 11.3 Å². The van der Waals surface area contributed by atoms with Gasteiger partial charge >= 0.3 is 0 Å². The van der Waals surface area contributed by atoms with Gasteiger partial charge in [0.1, 0.15) is 0 Å². The van der Waals surface area contributed by atoms with E-state index < -0.39 is 0 Å². The molecule has 2 aromatic rings. The Bertz CT molecular complexity index is 558. The van der Waals surface area contributed by atoms with E-state index in [1.54, 1.807) is 11.3 Å². The number of rotatable bonds is 6. The lowest BCUT2D eigenvalue weighted by molar-refractivity contribution is 0.528. The number of thiophene rings is 1. The van der Waals surface area contributed by atoms with Crippen molar-refractivity contribution in [3.63, 3.8) is 0 Å². The molecule has 110 valence electrons. The van der Waals surface area contributed by atoms with Gasteiger partial charge in [0.15, 0.2) is 0 Å². The van der Waals surface area contributed by atoms with Gasteiger partial charge < -0.3 is 5.32 Å². The molecule has 0 aliphatic carbocycles. The summed E-state index contributed by atoms with van der Waals surface area (Å²) in [6.07, 6.45) is 2.08. The lowest BCUT2D eigenvalue weighted by atomic mass is 10.1. The second kappa shape index (κ2) is 7.49. The van der Waals surface area contributed by atoms with Crippen molar-refractivity contribution in [2.75, 3.05) is 6.54 Å². The summed E-state index contributed by atoms with van der Waals surface area (Å²) in [4.78, 5) is 5.99. The average Bonchev–Trinajstić information content (AvgIpc) is 2.88. The van der Waals surface area contributed by atoms with Crippen molar-refractivity contribution >= 4 is 54.5 Å². The Morgan fingerprint density at radius 2 is 2.05 bits per heavy atom. The number of aryl methyl sites for hydroxylation is 2. The minimum atomic E-state index is 0.317. The van der Waals surface area contributed by atoms with E-state index in [4.69, 9.17) is 0 Å². The maximum atomic E-state index is 4.67. The van der Waals surface area contributed by atoms with Gasteiger partial charge in [-0.2, -0.15) is 0 Å². The van der Waals surface area contributed by atoms with Crippen LogP contribution in [0.2, 0.25) is 0 Å². The topological polar surface area (TPSA) is 24.9 Å². The highest BCUT2D eigenvalue weighted by molar-refractivity contribution is 9.12. The van der Waals surface area contributed by atoms with Gasteiger partial charge in [0, 0.05) is 17.3 Å². The Morgan fingerprint density at radius 3 is 2.55 bits per heavy atom. The van der Waals surface area contributed by atoms with E-state index >= 15 is 0 Å². The molecule has 0 aliphatic rings. The summed E-state index contributed by atoms with van der Waals surface area (Å²) in [6, 6.07) is 2.52. The summed E-state index contributed by atoms with van der Waals surface area (Å²) >= 11 is 10.8. The predicted octanol–water partition coefficient (Wildman–Crippen LogP) is 5.63. The quantitative estimate of drug-likeness (QED) is 0.633. The van der Waals surface area contributed by atoms with Crippen LogP contribution in [0.3, 0.4) is 0 Å². The molecule has 0 saturated heterocycles. The maximum Gasteiger partial charge on any atom is 0.0949 e. The van der Waals surface area contributed by atoms with Crippen LogP contribution in [0, 0.1) is 13.8 Å². The Morgan fingerprint density at radius 1 is 1.30 bits per heavy atom. The summed E-state index contributed by atoms with van der Waals surface area (Å²) in [5, 5.41) is 4.85. The summed E-state index contributed by atoms with van der Waals surface area (Å²) in [5.74, 6) is 0. The molecule has 0 aliphatic heterocycles. The first-order valence-corrected chi connectivity index (χ1v) is 9.84. The molecule has 0 bridgehead atoms. The van der Waals surface area contributed by atoms with Gasteiger partial charge in [0.05, 0.1) is 18.3 Å². The van der Waals surface area contributed by atoms with Gasteiger partial charge in [-0.05, 0) is 70.3 Å². The molecular formula is C14H18Br2N2S2. The van der Waals surface area contributed by atoms with Gasteiger partial charge in [0.25, 0.3) is 0 Å². The fourth-order valence-electron chi connectivity index (χ4n) is 2.00. The van der Waals surface area contributed by atoms with E-state index in [2.05, 4.69) is 69.0 Å². The lowest BCUT2D eigenvalue weighted by Crippen LogP contribution is -2.24. The Hall–Kier alpha value is 0.250. The number of hydrogen-bond donors (Lipinski definition) is 1. The third-order valence-electron chi connectivity index (χ3n) is 3.15. The number of nitrogens with one attached hydrogen (secondary N) is 1. The van der Waals surface area contributed by atoms with Gasteiger partial charge in [-0.1, -0.05) is 6.92 Å². The smallest absolute Gasteiger partial charge is 0.0949 e. The molecule has 1 unspecified atom stereocenters. The Labute approximate surface area is 145 Å². The number of halogens is 2. The Kier molecular flexibility index (Phi) is 6.23. The van der Waals surface area contributed by atoms with Crippen LogP contribution in [-0.4, -0.2) is 11.5 Å². The van der Waals surface area contributed by atoms with E-state index in [0.29, 0.717) is 6.04 Å². The van der Waals surface area contributed by atoms with Crippen molar-refractivity contribution in [2.45, 2.75) is 39.7 Å². The lowest BCUT2D eigenvalue weighted by Gasteiger charge is -2.17. The highest BCUT2D eigenvalue weighted by Gasteiger charge is 2.19. The third kappa shape index (κ3) is 4.13. The van der Waals surface area contributed by atoms with Crippen LogP contribution in [0.4, 0.5) is 0 Å². The average molecular weight is 438 g/mol. The van der Waals surface area contributed by atoms with Gasteiger partial charge in [0.2, 0.25) is 0 Å². The molecule has 20 heavy (non-hydrogen) atoms. The standard InChI is InChI=1S/C14H18Br2N2S2/c1-4-5-17-11(10-6-12(15)20-14(10)16)7-13-18-8(2)9(3)19-13/h6,11,17H,4-5,7H2,1-3H3. The molecule has 6 heteroatoms. The van der Waals surface area contributed by atoms with Gasteiger partial charge in [-0.25, -0.2) is 4.98 Å². The fraction of sp³-hybridized carbons (Fsp3) is 0.500. The van der Waals surface area contributed by atoms with Crippen LogP contribution in [0.5, 0.6) is 0 Å². The van der Waals surface area contributed by atoms with E-state index in [9.17, 15) is 0 Å². The molecule has 2 nitrogen and oxygen atoms in total. The van der Waals surface area contributed by atoms with Gasteiger partial charge in [-0.3, -0.25) is 0 Å². The Balaban J connectivity index is 2.21. The van der Waals surface area contributed by atoms with E-state index in [0.717, 1.165) is 28.9 Å². The van der Waals surface area contributed by atoms with Crippen molar-refractivity contribution in [1.82, 2.24) is 10.3 Å². The monoisotopic (exact) mass is 436 g/mol. The molecule has 0 radical (unpaired) electrons. The fourth-order valence-corrected chi connectivity index (χ4v) is 5.96. The molecule has 0 aromatic carbocycles. The molecule has 2 heterocycles. The predicted molar refractivity (Wildman–Crippen MR) is 96.0 cm³/mol. The zero-order chi connectivity index (χ0) is 14.7. The van der Waals surface area contributed by atoms with Crippen LogP contribution < -0.4 is 5.32 Å². The van der Waals surface area contributed by atoms with Crippen LogP contribution in [0.15, 0.2) is 13.6 Å². The minimum Gasteiger partial charge on any atom is -0.310 e. The summed E-state index contributed by atoms with van der Waals surface area (Å²) in [5.41, 5.74) is 2.48. The maximum absolute atomic E-state index is 4.67. The molecule has 0 fully saturated rings. The second-order valence-corrected chi connectivity index (χ2v) is 9.78. The molecule has 1 N–H and O–H groups in total. The number of aromatic nitrogens is 1. The first kappa shape index (κ1) is 16.6. The van der Waals surface area contributed by atoms with Crippen LogP contribution in [-0.2, 0) is 6.42 Å². The minimum absolute atomic E-state index is 0.317. The highest BCUT2D eigenvalue weighted by atomic mass is 79.9. The van der Waals surface area contributed by atoms with Crippen molar-refractivity contribution in [3.05, 3.63) is 34.8 Å². The summed E-state index contributed by atoms with van der Waals surface area (Å²) in [7, 11) is 0. The molecule has 0 spiro atoms. The molecule has 2 aromatic heterocycles. The molecule has 1 atom stereocenters. The number of nitrogens with zero attached hydrogens (tertiary/aromatic N) is 1. The largest absolute Gasteiger partial charge is 0.310 e. The number of hydrogen-bond acceptors (Lipinski definition) is 4. The SMILES string of the molecule is CCCNC(Cc1nc(C)c(C)s1)c1cc(Br)sc1Br. The van der Waals surface area contributed by atoms with Gasteiger partial charge in [-0.15, -0.1) is 22.7 Å². The van der Waals surface area contributed by atoms with Crippen LogP contribution in [0.1, 0.15) is 40.5 Å². The molecular weight excluding hydrogens is 420 g/mol. The summed E-state index contributed by atoms with van der Waals surface area (Å²) < 4.78 is 2.36. The van der Waals surface area contributed by atoms with Crippen LogP contribution in [0.25, 0.3) is 0 Å². The van der Waals surface area contributed by atoms with E-state index in [-0.39, 0.29) is 0 Å². The molecule has 0 amide bonds. The highest BCUT2D eigenvalue weighted by Crippen LogP contribution is 2.37. The first-order valence-electron chi connectivity index (χ1n) is 6.62. The second-order valence-electron chi connectivity index (χ2n) is 4.74. The van der Waals surface area contributed by atoms with Crippen molar-refractivity contribution in [3.8, 4) is 0 Å². The normalized spacial score (nSPS) is 12.8. The first-order chi connectivity index (χ1) is 9.51. The molecule has 2 rings (SSSR count). The van der Waals surface area contributed by atoms with Crippen molar-refractivity contribution in [1.29, 1.82) is 0 Å². The third-order valence-corrected chi connectivity index (χ3v) is 6.63. The summed E-state index contributed by atoms with van der Waals surface area (Å²) in [6.45, 7) is 7.44. The molecule has 0 saturated carbocycles. The zero-order valence-electron chi connectivity index (χ0n) is 11.8. The van der Waals surface area contributed by atoms with E-state index in [1.165, 1.54) is 19.2 Å². The van der Waals surface area contributed by atoms with Crippen molar-refractivity contribution < 1.29 is 0 Å². The van der Waals surface area contributed by atoms with Crippen LogP contribution >= 0.6 is 54.5 Å².